The van der Waals surface area contributed by atoms with Crippen LogP contribution in [0.1, 0.15) is 25.1 Å². The largest absolute Gasteiger partial charge is 0.285 e. The molecule has 3 nitrogen and oxygen atoms in total. The molecule has 1 fully saturated rings. The van der Waals surface area contributed by atoms with Crippen molar-refractivity contribution in [1.29, 1.82) is 0 Å². The zero-order valence-electron chi connectivity index (χ0n) is 5.72. The highest BCUT2D eigenvalue weighted by atomic mass is 32.1. The fourth-order valence-corrected chi connectivity index (χ4v) is 1.31. The average molecular weight is 155 g/mol. The van der Waals surface area contributed by atoms with Crippen molar-refractivity contribution >= 4 is 12.2 Å². The van der Waals surface area contributed by atoms with E-state index in [9.17, 15) is 0 Å². The molecular weight excluding hydrogens is 146 g/mol. The van der Waals surface area contributed by atoms with E-state index >= 15 is 0 Å². The Bertz CT molecular complexity index is 287. The van der Waals surface area contributed by atoms with Gasteiger partial charge in [0.25, 0.3) is 0 Å². The van der Waals surface area contributed by atoms with E-state index in [1.165, 1.54) is 6.42 Å². The van der Waals surface area contributed by atoms with E-state index in [0.717, 1.165) is 11.7 Å². The van der Waals surface area contributed by atoms with Crippen LogP contribution in [-0.2, 0) is 0 Å². The molecule has 54 valence electrons. The first-order valence-corrected chi connectivity index (χ1v) is 3.83. The van der Waals surface area contributed by atoms with Gasteiger partial charge in [-0.25, -0.2) is 4.98 Å². The van der Waals surface area contributed by atoms with Crippen LogP contribution in [0.5, 0.6) is 0 Å². The minimum Gasteiger partial charge on any atom is -0.285 e. The molecule has 0 bridgehead atoms. The Kier molecular flexibility index (Phi) is 1.17. The summed E-state index contributed by atoms with van der Waals surface area (Å²) in [4.78, 5) is 4.13. The van der Waals surface area contributed by atoms with E-state index in [0.29, 0.717) is 10.7 Å². The third kappa shape index (κ3) is 0.883. The number of aromatic nitrogens is 3. The molecule has 2 atom stereocenters. The minimum atomic E-state index is 0.564. The lowest BCUT2D eigenvalue weighted by atomic mass is 10.3. The lowest BCUT2D eigenvalue weighted by molar-refractivity contribution is 0.848. The summed E-state index contributed by atoms with van der Waals surface area (Å²) in [5.74, 6) is 2.44. The second-order valence-corrected chi connectivity index (χ2v) is 3.26. The SMILES string of the molecule is CC1CC1c1nc(=S)[nH][nH]1. The fraction of sp³-hybridized carbons (Fsp3) is 0.667. The molecule has 1 aliphatic carbocycles. The summed E-state index contributed by atoms with van der Waals surface area (Å²) in [5, 5.41) is 5.75. The maximum Gasteiger partial charge on any atom is 0.213 e. The molecule has 1 heterocycles. The number of nitrogens with one attached hydrogen (secondary N) is 2. The van der Waals surface area contributed by atoms with Crippen LogP contribution in [0.15, 0.2) is 0 Å². The van der Waals surface area contributed by atoms with Gasteiger partial charge in [-0.05, 0) is 24.6 Å². The van der Waals surface area contributed by atoms with Crippen LogP contribution in [0.2, 0.25) is 0 Å². The Balaban J connectivity index is 2.27. The highest BCUT2D eigenvalue weighted by Gasteiger charge is 2.36. The number of nitrogens with zero attached hydrogens (tertiary/aromatic N) is 1. The van der Waals surface area contributed by atoms with Crippen LogP contribution in [0, 0.1) is 10.7 Å². The Morgan fingerprint density at radius 1 is 1.60 bits per heavy atom. The number of hydrogen-bond acceptors (Lipinski definition) is 2. The van der Waals surface area contributed by atoms with Gasteiger partial charge in [-0.2, -0.15) is 0 Å². The molecule has 2 unspecified atom stereocenters. The summed E-state index contributed by atoms with van der Waals surface area (Å²) in [7, 11) is 0. The molecule has 0 aromatic carbocycles. The lowest BCUT2D eigenvalue weighted by Gasteiger charge is -1.85. The quantitative estimate of drug-likeness (QED) is 0.605. The smallest absolute Gasteiger partial charge is 0.213 e. The Morgan fingerprint density at radius 2 is 2.30 bits per heavy atom. The number of hydrogen-bond donors (Lipinski definition) is 2. The van der Waals surface area contributed by atoms with Gasteiger partial charge in [0.2, 0.25) is 4.77 Å². The van der Waals surface area contributed by atoms with Gasteiger partial charge < -0.3 is 0 Å². The normalized spacial score (nSPS) is 30.5. The summed E-state index contributed by atoms with van der Waals surface area (Å²) < 4.78 is 0.564. The summed E-state index contributed by atoms with van der Waals surface area (Å²) in [6.07, 6.45) is 1.25. The zero-order valence-corrected chi connectivity index (χ0v) is 6.53. The number of aromatic amines is 2. The number of H-pyrrole nitrogens is 2. The van der Waals surface area contributed by atoms with E-state index in [1.54, 1.807) is 0 Å². The maximum atomic E-state index is 4.82. The van der Waals surface area contributed by atoms with Crippen LogP contribution < -0.4 is 0 Å². The van der Waals surface area contributed by atoms with Crippen molar-refractivity contribution in [1.82, 2.24) is 15.2 Å². The lowest BCUT2D eigenvalue weighted by Crippen LogP contribution is -1.83. The van der Waals surface area contributed by atoms with Crippen LogP contribution in [0.4, 0.5) is 0 Å². The molecule has 2 N–H and O–H groups in total. The molecule has 0 amide bonds. The molecule has 2 rings (SSSR count). The molecule has 0 radical (unpaired) electrons. The molecule has 10 heavy (non-hydrogen) atoms. The average Bonchev–Trinajstić information content (AvgIpc) is 2.42. The van der Waals surface area contributed by atoms with Crippen molar-refractivity contribution in [3.8, 4) is 0 Å². The Hall–Kier alpha value is -0.640. The summed E-state index contributed by atoms with van der Waals surface area (Å²) in [5.41, 5.74) is 0. The Labute approximate surface area is 63.9 Å². The molecular formula is C6H9N3S. The molecule has 0 saturated heterocycles. The van der Waals surface area contributed by atoms with Crippen molar-refractivity contribution in [2.24, 2.45) is 5.92 Å². The second-order valence-electron chi connectivity index (χ2n) is 2.87. The Morgan fingerprint density at radius 3 is 2.70 bits per heavy atom. The number of rotatable bonds is 1. The first-order valence-electron chi connectivity index (χ1n) is 3.42. The van der Waals surface area contributed by atoms with Gasteiger partial charge in [-0.1, -0.05) is 6.92 Å². The molecule has 1 aromatic heterocycles. The molecule has 1 aromatic rings. The molecule has 4 heteroatoms. The monoisotopic (exact) mass is 155 g/mol. The fourth-order valence-electron chi connectivity index (χ4n) is 1.16. The van der Waals surface area contributed by atoms with Gasteiger partial charge in [0.1, 0.15) is 5.82 Å². The van der Waals surface area contributed by atoms with Crippen LogP contribution in [-0.4, -0.2) is 15.2 Å². The van der Waals surface area contributed by atoms with E-state index < -0.39 is 0 Å². The maximum absolute atomic E-state index is 4.82. The first-order chi connectivity index (χ1) is 4.77. The van der Waals surface area contributed by atoms with Crippen LogP contribution in [0.3, 0.4) is 0 Å². The predicted molar refractivity (Wildman–Crippen MR) is 40.3 cm³/mol. The van der Waals surface area contributed by atoms with Crippen LogP contribution in [0.25, 0.3) is 0 Å². The third-order valence-corrected chi connectivity index (χ3v) is 2.17. The summed E-state index contributed by atoms with van der Waals surface area (Å²) in [6, 6.07) is 0. The topological polar surface area (TPSA) is 44.5 Å². The summed E-state index contributed by atoms with van der Waals surface area (Å²) in [6.45, 7) is 2.22. The minimum absolute atomic E-state index is 0.564. The van der Waals surface area contributed by atoms with Crippen molar-refractivity contribution in [2.45, 2.75) is 19.3 Å². The van der Waals surface area contributed by atoms with Gasteiger partial charge in [-0.3, -0.25) is 10.2 Å². The molecule has 0 spiro atoms. The highest BCUT2D eigenvalue weighted by Crippen LogP contribution is 2.44. The van der Waals surface area contributed by atoms with E-state index in [4.69, 9.17) is 12.2 Å². The molecule has 1 saturated carbocycles. The van der Waals surface area contributed by atoms with Crippen molar-refractivity contribution in [2.75, 3.05) is 0 Å². The van der Waals surface area contributed by atoms with Crippen molar-refractivity contribution < 1.29 is 0 Å². The molecule has 1 aliphatic rings. The molecule has 0 aliphatic heterocycles. The standard InChI is InChI=1S/C6H9N3S/c1-3-2-4(3)5-7-6(10)9-8-5/h3-4H,2H2,1H3,(H2,7,8,9,10). The van der Waals surface area contributed by atoms with Gasteiger partial charge in [0.05, 0.1) is 0 Å². The first kappa shape index (κ1) is 6.09. The van der Waals surface area contributed by atoms with Gasteiger partial charge in [0.15, 0.2) is 0 Å². The highest BCUT2D eigenvalue weighted by molar-refractivity contribution is 7.71. The van der Waals surface area contributed by atoms with Gasteiger partial charge in [0, 0.05) is 5.92 Å². The summed E-state index contributed by atoms with van der Waals surface area (Å²) >= 11 is 4.82. The predicted octanol–water partition coefficient (Wildman–Crippen LogP) is 1.59. The van der Waals surface area contributed by atoms with E-state index in [2.05, 4.69) is 22.1 Å². The zero-order chi connectivity index (χ0) is 7.14. The van der Waals surface area contributed by atoms with E-state index in [-0.39, 0.29) is 0 Å². The van der Waals surface area contributed by atoms with Gasteiger partial charge >= 0.3 is 0 Å². The third-order valence-electron chi connectivity index (χ3n) is 1.98. The second kappa shape index (κ2) is 1.92. The van der Waals surface area contributed by atoms with Crippen LogP contribution >= 0.6 is 12.2 Å². The van der Waals surface area contributed by atoms with Crippen molar-refractivity contribution in [3.05, 3.63) is 10.6 Å². The van der Waals surface area contributed by atoms with Crippen molar-refractivity contribution in [3.63, 3.8) is 0 Å². The van der Waals surface area contributed by atoms with E-state index in [1.807, 2.05) is 0 Å². The van der Waals surface area contributed by atoms with Gasteiger partial charge in [-0.15, -0.1) is 0 Å².